The summed E-state index contributed by atoms with van der Waals surface area (Å²) in [6.45, 7) is 1.32. The van der Waals surface area contributed by atoms with Gasteiger partial charge in [-0.3, -0.25) is 0 Å². The number of hydrogen-bond donors (Lipinski definition) is 2. The lowest BCUT2D eigenvalue weighted by Gasteiger charge is -2.11. The normalized spacial score (nSPS) is 11.5. The summed E-state index contributed by atoms with van der Waals surface area (Å²) < 4.78 is 22.5. The second-order valence-corrected chi connectivity index (χ2v) is 11.3. The molecule has 18 heteroatoms. The molecular formula is C32H27BBrN10O6+. The molecule has 50 heavy (non-hydrogen) atoms. The molecule has 8 rings (SSSR count). The quantitative estimate of drug-likeness (QED) is 0.170. The number of hydrazone groups is 1. The molecule has 0 aliphatic carbocycles. The Morgan fingerprint density at radius 1 is 0.780 bits per heavy atom. The van der Waals surface area contributed by atoms with E-state index in [1.165, 1.54) is 12.4 Å². The number of halogens is 1. The molecule has 1 aliphatic heterocycles. The summed E-state index contributed by atoms with van der Waals surface area (Å²) in [6.07, 6.45) is 7.37. The van der Waals surface area contributed by atoms with Crippen LogP contribution in [-0.2, 0) is 13.1 Å². The maximum atomic E-state index is 8.80. The minimum Gasteiger partial charge on any atom is -0.496 e. The first-order valence-electron chi connectivity index (χ1n) is 14.8. The SMILES string of the molecule is COc1ccc(CN2C=N[C+]=N2)cc1Br.COc1ccc(Cn2cncn2)cc1-c1ccc2nonc2c1.OB(O)c1ccc2nonc2c1. The number of benzene rings is 4. The van der Waals surface area contributed by atoms with Gasteiger partial charge in [-0.2, -0.15) is 5.10 Å². The van der Waals surface area contributed by atoms with Gasteiger partial charge < -0.3 is 19.5 Å². The molecule has 0 unspecified atom stereocenters. The molecule has 0 bridgehead atoms. The zero-order valence-electron chi connectivity index (χ0n) is 26.5. The molecule has 1 aliphatic rings. The van der Waals surface area contributed by atoms with Gasteiger partial charge in [-0.1, -0.05) is 24.3 Å². The highest BCUT2D eigenvalue weighted by Crippen LogP contribution is 2.32. The van der Waals surface area contributed by atoms with Crippen LogP contribution in [0.5, 0.6) is 11.5 Å². The first-order chi connectivity index (χ1) is 24.4. The first kappa shape index (κ1) is 33.8. The maximum absolute atomic E-state index is 8.80. The highest BCUT2D eigenvalue weighted by Gasteiger charge is 2.14. The van der Waals surface area contributed by atoms with Crippen LogP contribution in [0.1, 0.15) is 11.1 Å². The number of aliphatic imine (C=N–C) groups is 1. The van der Waals surface area contributed by atoms with E-state index in [-0.39, 0.29) is 0 Å². The van der Waals surface area contributed by atoms with Crippen LogP contribution in [-0.4, -0.2) is 84.5 Å². The average molecular weight is 738 g/mol. The second kappa shape index (κ2) is 15.9. The number of hydrogen-bond acceptors (Lipinski definition) is 15. The minimum absolute atomic E-state index is 0.373. The zero-order valence-corrected chi connectivity index (χ0v) is 28.1. The summed E-state index contributed by atoms with van der Waals surface area (Å²) in [5.74, 6) is 1.62. The number of nitrogens with zero attached hydrogens (tertiary/aromatic N) is 10. The molecular weight excluding hydrogens is 711 g/mol. The summed E-state index contributed by atoms with van der Waals surface area (Å²) >= 11 is 3.43. The van der Waals surface area contributed by atoms with E-state index in [1.807, 2.05) is 48.5 Å². The van der Waals surface area contributed by atoms with E-state index in [0.717, 1.165) is 43.7 Å². The van der Waals surface area contributed by atoms with Gasteiger partial charge in [0.1, 0.15) is 46.2 Å². The lowest BCUT2D eigenvalue weighted by Crippen LogP contribution is -2.29. The molecule has 0 saturated carbocycles. The average Bonchev–Trinajstić information content (AvgIpc) is 3.97. The molecule has 0 atom stereocenters. The van der Waals surface area contributed by atoms with Gasteiger partial charge in [0, 0.05) is 15.7 Å². The monoisotopic (exact) mass is 737 g/mol. The van der Waals surface area contributed by atoms with Crippen molar-refractivity contribution in [3.63, 3.8) is 0 Å². The lowest BCUT2D eigenvalue weighted by atomic mass is 9.80. The fourth-order valence-corrected chi connectivity index (χ4v) is 5.35. The van der Waals surface area contributed by atoms with Crippen LogP contribution in [0, 0.1) is 0 Å². The minimum atomic E-state index is -1.48. The van der Waals surface area contributed by atoms with E-state index in [0.29, 0.717) is 35.1 Å². The van der Waals surface area contributed by atoms with Gasteiger partial charge in [0.25, 0.3) is 6.34 Å². The smallest absolute Gasteiger partial charge is 0.488 e. The summed E-state index contributed by atoms with van der Waals surface area (Å²) in [5, 5.41) is 42.2. The Labute approximate surface area is 292 Å². The van der Waals surface area contributed by atoms with Crippen molar-refractivity contribution < 1.29 is 28.8 Å². The fraction of sp³-hybridized carbons (Fsp3) is 0.125. The van der Waals surface area contributed by atoms with Gasteiger partial charge >= 0.3 is 13.5 Å². The third-order valence-electron chi connectivity index (χ3n) is 7.20. The molecule has 0 radical (unpaired) electrons. The number of rotatable bonds is 8. The van der Waals surface area contributed by atoms with Crippen LogP contribution in [0.25, 0.3) is 33.2 Å². The van der Waals surface area contributed by atoms with Crippen LogP contribution >= 0.6 is 15.9 Å². The Kier molecular flexibility index (Phi) is 10.7. The van der Waals surface area contributed by atoms with E-state index in [4.69, 9.17) is 24.2 Å². The summed E-state index contributed by atoms with van der Waals surface area (Å²) in [7, 11) is 1.82. The zero-order chi connectivity index (χ0) is 34.9. The summed E-state index contributed by atoms with van der Waals surface area (Å²) in [5.41, 5.74) is 7.13. The number of aromatic nitrogens is 7. The standard InChI is InChI=1S/C16H13N5O2.C10H9BrN3O.C6H5BN2O3/c1-22-16-5-2-11(8-21-10-17-9-18-21)6-13(16)12-3-4-14-15(7-12)20-23-19-14;1-15-10-3-2-8(4-9(10)11)5-14-7-12-6-13-14;10-7(11)4-1-2-5-6(3-4)9-12-8-5/h2-7,9-10H,8H2,1H3;2-4,7H,5H2,1H3;1-3,10-11H/q;+1;. The lowest BCUT2D eigenvalue weighted by molar-refractivity contribution is 0.315. The highest BCUT2D eigenvalue weighted by atomic mass is 79.9. The van der Waals surface area contributed by atoms with Crippen molar-refractivity contribution in [1.82, 2.24) is 40.4 Å². The van der Waals surface area contributed by atoms with E-state index in [9.17, 15) is 0 Å². The van der Waals surface area contributed by atoms with Crippen LogP contribution in [0.2, 0.25) is 0 Å². The Morgan fingerprint density at radius 3 is 2.10 bits per heavy atom. The molecule has 16 nitrogen and oxygen atoms in total. The Morgan fingerprint density at radius 2 is 1.46 bits per heavy atom. The van der Waals surface area contributed by atoms with Crippen molar-refractivity contribution in [2.24, 2.45) is 10.1 Å². The predicted molar refractivity (Wildman–Crippen MR) is 187 cm³/mol. The number of methoxy groups -OCH3 is 2. The molecule has 3 aromatic heterocycles. The van der Waals surface area contributed by atoms with Crippen molar-refractivity contribution in [2.75, 3.05) is 14.2 Å². The van der Waals surface area contributed by atoms with Crippen LogP contribution < -0.4 is 14.9 Å². The van der Waals surface area contributed by atoms with E-state index < -0.39 is 7.12 Å². The van der Waals surface area contributed by atoms with Crippen molar-refractivity contribution in [1.29, 1.82) is 0 Å². The number of fused-ring (bicyclic) bond motifs is 2. The molecule has 4 heterocycles. The Balaban J connectivity index is 0.000000138. The van der Waals surface area contributed by atoms with Gasteiger partial charge in [0.05, 0.1) is 31.8 Å². The third kappa shape index (κ3) is 8.31. The largest absolute Gasteiger partial charge is 0.496 e. The highest BCUT2D eigenvalue weighted by molar-refractivity contribution is 9.10. The molecule has 0 spiro atoms. The van der Waals surface area contributed by atoms with E-state index in [1.54, 1.807) is 48.7 Å². The molecule has 0 fully saturated rings. The maximum Gasteiger partial charge on any atom is 0.488 e. The molecule has 2 N–H and O–H groups in total. The Hall–Kier alpha value is -6.07. The van der Waals surface area contributed by atoms with Crippen LogP contribution in [0.15, 0.2) is 109 Å². The molecule has 0 saturated heterocycles. The van der Waals surface area contributed by atoms with Crippen molar-refractivity contribution in [3.8, 4) is 22.6 Å². The van der Waals surface area contributed by atoms with Crippen molar-refractivity contribution in [3.05, 3.63) is 101 Å². The summed E-state index contributed by atoms with van der Waals surface area (Å²) in [6, 6.07) is 22.4. The predicted octanol–water partition coefficient (Wildman–Crippen LogP) is 3.56. The second-order valence-electron chi connectivity index (χ2n) is 10.5. The van der Waals surface area contributed by atoms with Gasteiger partial charge in [-0.15, -0.1) is 5.01 Å². The molecule has 7 aromatic rings. The van der Waals surface area contributed by atoms with E-state index in [2.05, 4.69) is 73.8 Å². The number of ether oxygens (including phenoxy) is 2. The molecule has 4 aromatic carbocycles. The summed E-state index contributed by atoms with van der Waals surface area (Å²) in [4.78, 5) is 7.73. The van der Waals surface area contributed by atoms with Gasteiger partial charge in [0.2, 0.25) is 0 Å². The van der Waals surface area contributed by atoms with Crippen LogP contribution in [0.3, 0.4) is 0 Å². The van der Waals surface area contributed by atoms with E-state index >= 15 is 0 Å². The van der Waals surface area contributed by atoms with Gasteiger partial charge in [0.15, 0.2) is 0 Å². The first-order valence-corrected chi connectivity index (χ1v) is 15.6. The van der Waals surface area contributed by atoms with Crippen molar-refractivity contribution >= 4 is 63.3 Å². The third-order valence-corrected chi connectivity index (χ3v) is 7.82. The molecule has 250 valence electrons. The van der Waals surface area contributed by atoms with Crippen molar-refractivity contribution in [2.45, 2.75) is 13.1 Å². The van der Waals surface area contributed by atoms with Gasteiger partial charge in [-0.25, -0.2) is 18.9 Å². The van der Waals surface area contributed by atoms with Gasteiger partial charge in [-0.05, 0) is 107 Å². The van der Waals surface area contributed by atoms with Crippen LogP contribution in [0.4, 0.5) is 0 Å². The molecule has 0 amide bonds. The topological polar surface area (TPSA) is 195 Å². The fourth-order valence-electron chi connectivity index (χ4n) is 4.76. The Bertz CT molecular complexity index is 2230.